The Bertz CT molecular complexity index is 1210. The van der Waals surface area contributed by atoms with Crippen molar-refractivity contribution in [3.05, 3.63) is 66.2 Å². The predicted octanol–water partition coefficient (Wildman–Crippen LogP) is 7.95. The standard InChI is InChI=1S/C21H21F3N2O3S2.C6H12/c1-14(2)25-13-16-5-3-4-6-18(16)26-31(27,28)20-12-11-19(30-20)15-7-9-17(10-8-15)29-21(22,23)24;1-2-4-6-5-3-1/h3-12,14,25-26H,13H2,1-2H3;1-6H2. The minimum absolute atomic E-state index is 0.102. The van der Waals surface area contributed by atoms with Crippen LogP contribution in [0, 0.1) is 0 Å². The topological polar surface area (TPSA) is 67.4 Å². The van der Waals surface area contributed by atoms with Crippen LogP contribution in [0.2, 0.25) is 0 Å². The van der Waals surface area contributed by atoms with Gasteiger partial charge in [0.25, 0.3) is 10.0 Å². The number of benzene rings is 2. The number of nitrogens with one attached hydrogen (secondary N) is 2. The van der Waals surface area contributed by atoms with E-state index in [0.717, 1.165) is 16.9 Å². The second-order valence-corrected chi connectivity index (χ2v) is 12.1. The molecule has 0 bridgehead atoms. The van der Waals surface area contributed by atoms with Crippen molar-refractivity contribution >= 4 is 27.0 Å². The largest absolute Gasteiger partial charge is 0.573 e. The van der Waals surface area contributed by atoms with Crippen LogP contribution in [0.3, 0.4) is 0 Å². The minimum atomic E-state index is -4.77. The molecule has 1 saturated carbocycles. The van der Waals surface area contributed by atoms with Crippen LogP contribution >= 0.6 is 11.3 Å². The number of thiophene rings is 1. The molecule has 0 amide bonds. The summed E-state index contributed by atoms with van der Waals surface area (Å²) in [6.45, 7) is 4.52. The van der Waals surface area contributed by atoms with Crippen LogP contribution < -0.4 is 14.8 Å². The highest BCUT2D eigenvalue weighted by Crippen LogP contribution is 2.33. The molecule has 5 nitrogen and oxygen atoms in total. The van der Waals surface area contributed by atoms with Crippen molar-refractivity contribution in [1.82, 2.24) is 5.32 Å². The second-order valence-electron chi connectivity index (χ2n) is 9.11. The Balaban J connectivity index is 0.000000555. The van der Waals surface area contributed by atoms with Crippen LogP contribution in [-0.2, 0) is 16.6 Å². The molecule has 1 heterocycles. The molecule has 37 heavy (non-hydrogen) atoms. The Morgan fingerprint density at radius 2 is 1.49 bits per heavy atom. The van der Waals surface area contributed by atoms with Crippen LogP contribution in [0.15, 0.2) is 64.9 Å². The fourth-order valence-electron chi connectivity index (χ4n) is 3.78. The van der Waals surface area contributed by atoms with Gasteiger partial charge >= 0.3 is 6.36 Å². The Hall–Kier alpha value is -2.56. The summed E-state index contributed by atoms with van der Waals surface area (Å²) in [4.78, 5) is 0.605. The van der Waals surface area contributed by atoms with Crippen LogP contribution in [0.4, 0.5) is 18.9 Å². The Kier molecular flexibility index (Phi) is 10.4. The van der Waals surface area contributed by atoms with E-state index in [0.29, 0.717) is 22.7 Å². The van der Waals surface area contributed by atoms with Gasteiger partial charge in [0, 0.05) is 17.5 Å². The zero-order chi connectivity index (χ0) is 26.9. The molecule has 4 rings (SSSR count). The summed E-state index contributed by atoms with van der Waals surface area (Å²) in [5, 5.41) is 3.26. The van der Waals surface area contributed by atoms with Gasteiger partial charge in [-0.05, 0) is 53.6 Å². The molecule has 0 atom stereocenters. The highest BCUT2D eigenvalue weighted by Gasteiger charge is 2.31. The van der Waals surface area contributed by atoms with E-state index in [-0.39, 0.29) is 16.0 Å². The van der Waals surface area contributed by atoms with Gasteiger partial charge in [0.2, 0.25) is 0 Å². The maximum absolute atomic E-state index is 12.9. The smallest absolute Gasteiger partial charge is 0.406 e. The van der Waals surface area contributed by atoms with Gasteiger partial charge in [-0.1, -0.05) is 70.6 Å². The average Bonchev–Trinajstić information content (AvgIpc) is 3.36. The summed E-state index contributed by atoms with van der Waals surface area (Å²) in [5.74, 6) is -0.339. The van der Waals surface area contributed by atoms with Gasteiger partial charge in [0.1, 0.15) is 9.96 Å². The monoisotopic (exact) mass is 554 g/mol. The number of halogens is 3. The number of hydrogen-bond donors (Lipinski definition) is 2. The molecule has 1 aromatic heterocycles. The van der Waals surface area contributed by atoms with E-state index in [1.807, 2.05) is 26.0 Å². The van der Waals surface area contributed by atoms with Gasteiger partial charge in [-0.15, -0.1) is 24.5 Å². The zero-order valence-electron chi connectivity index (χ0n) is 21.0. The summed E-state index contributed by atoms with van der Waals surface area (Å²) in [7, 11) is -3.83. The molecule has 1 aliphatic carbocycles. The molecule has 2 N–H and O–H groups in total. The molecular weight excluding hydrogens is 521 g/mol. The van der Waals surface area contributed by atoms with Crippen LogP contribution in [-0.4, -0.2) is 20.8 Å². The molecule has 0 saturated heterocycles. The Morgan fingerprint density at radius 3 is 2.05 bits per heavy atom. The van der Waals surface area contributed by atoms with Crippen molar-refractivity contribution in [1.29, 1.82) is 0 Å². The van der Waals surface area contributed by atoms with Crippen molar-refractivity contribution in [2.45, 2.75) is 75.5 Å². The van der Waals surface area contributed by atoms with Crippen LogP contribution in [0.5, 0.6) is 5.75 Å². The quantitative estimate of drug-likeness (QED) is 0.297. The van der Waals surface area contributed by atoms with Crippen molar-refractivity contribution in [2.75, 3.05) is 4.72 Å². The lowest BCUT2D eigenvalue weighted by molar-refractivity contribution is -0.274. The maximum Gasteiger partial charge on any atom is 0.573 e. The molecular formula is C27H33F3N2O3S2. The first kappa shape index (κ1) is 29.0. The van der Waals surface area contributed by atoms with Crippen molar-refractivity contribution in [3.63, 3.8) is 0 Å². The first-order valence-electron chi connectivity index (χ1n) is 12.3. The average molecular weight is 555 g/mol. The number of alkyl halides is 3. The van der Waals surface area contributed by atoms with Gasteiger partial charge < -0.3 is 10.1 Å². The second kappa shape index (κ2) is 13.3. The molecule has 10 heteroatoms. The van der Waals surface area contributed by atoms with Crippen molar-refractivity contribution in [3.8, 4) is 16.2 Å². The highest BCUT2D eigenvalue weighted by atomic mass is 32.2. The molecule has 3 aromatic rings. The molecule has 1 aliphatic rings. The third-order valence-electron chi connectivity index (χ3n) is 5.68. The number of para-hydroxylation sites is 1. The summed E-state index contributed by atoms with van der Waals surface area (Å²) < 4.78 is 69.2. The lowest BCUT2D eigenvalue weighted by Crippen LogP contribution is -2.23. The van der Waals surface area contributed by atoms with E-state index < -0.39 is 16.4 Å². The summed E-state index contributed by atoms with van der Waals surface area (Å²) in [6, 6.07) is 15.7. The van der Waals surface area contributed by atoms with Crippen molar-refractivity contribution < 1.29 is 26.3 Å². The van der Waals surface area contributed by atoms with Crippen LogP contribution in [0.25, 0.3) is 10.4 Å². The Morgan fingerprint density at radius 1 is 0.892 bits per heavy atom. The van der Waals surface area contributed by atoms with Crippen LogP contribution in [0.1, 0.15) is 57.9 Å². The highest BCUT2D eigenvalue weighted by molar-refractivity contribution is 7.94. The molecule has 0 unspecified atom stereocenters. The maximum atomic E-state index is 12.9. The van der Waals surface area contributed by atoms with Gasteiger partial charge in [-0.2, -0.15) is 0 Å². The number of rotatable bonds is 8. The molecule has 2 aromatic carbocycles. The third kappa shape index (κ3) is 9.68. The molecule has 0 aliphatic heterocycles. The first-order valence-corrected chi connectivity index (χ1v) is 14.6. The third-order valence-corrected chi connectivity index (χ3v) is 8.67. The lowest BCUT2D eigenvalue weighted by atomic mass is 10.0. The predicted molar refractivity (Wildman–Crippen MR) is 143 cm³/mol. The summed E-state index contributed by atoms with van der Waals surface area (Å²) in [5.41, 5.74) is 1.89. The number of ether oxygens (including phenoxy) is 1. The Labute approximate surface area is 221 Å². The fraction of sp³-hybridized carbons (Fsp3) is 0.407. The van der Waals surface area contributed by atoms with Gasteiger partial charge in [-0.25, -0.2) is 8.42 Å². The normalized spacial score (nSPS) is 14.1. The van der Waals surface area contributed by atoms with E-state index in [9.17, 15) is 21.6 Å². The van der Waals surface area contributed by atoms with E-state index in [1.54, 1.807) is 18.2 Å². The molecule has 202 valence electrons. The molecule has 0 spiro atoms. The summed E-state index contributed by atoms with van der Waals surface area (Å²) in [6.07, 6.45) is 4.23. The zero-order valence-corrected chi connectivity index (χ0v) is 22.6. The van der Waals surface area contributed by atoms with Crippen molar-refractivity contribution in [2.24, 2.45) is 0 Å². The van der Waals surface area contributed by atoms with Gasteiger partial charge in [0.15, 0.2) is 0 Å². The molecule has 0 radical (unpaired) electrons. The first-order chi connectivity index (χ1) is 17.5. The fourth-order valence-corrected chi connectivity index (χ4v) is 6.20. The van der Waals surface area contributed by atoms with Gasteiger partial charge in [0.05, 0.1) is 5.69 Å². The number of hydrogen-bond acceptors (Lipinski definition) is 5. The van der Waals surface area contributed by atoms with E-state index in [4.69, 9.17) is 0 Å². The van der Waals surface area contributed by atoms with E-state index >= 15 is 0 Å². The lowest BCUT2D eigenvalue weighted by Gasteiger charge is -2.14. The molecule has 1 fully saturated rings. The van der Waals surface area contributed by atoms with Gasteiger partial charge in [-0.3, -0.25) is 4.72 Å². The summed E-state index contributed by atoms with van der Waals surface area (Å²) >= 11 is 1.03. The number of sulfonamides is 1. The van der Waals surface area contributed by atoms with E-state index in [1.165, 1.54) is 68.9 Å². The minimum Gasteiger partial charge on any atom is -0.406 e. The SMILES string of the molecule is C1CCCCC1.CC(C)NCc1ccccc1NS(=O)(=O)c1ccc(-c2ccc(OC(F)(F)F)cc2)s1. The van der Waals surface area contributed by atoms with E-state index in [2.05, 4.69) is 14.8 Å². The number of anilines is 1.